The lowest BCUT2D eigenvalue weighted by atomic mass is 10.1. The molecule has 0 aromatic carbocycles. The van der Waals surface area contributed by atoms with Gasteiger partial charge in [-0.1, -0.05) is 0 Å². The van der Waals surface area contributed by atoms with Crippen LogP contribution in [-0.2, 0) is 4.74 Å². The van der Waals surface area contributed by atoms with E-state index >= 15 is 0 Å². The Morgan fingerprint density at radius 3 is 2.40 bits per heavy atom. The second-order valence-corrected chi connectivity index (χ2v) is 5.14. The Hall–Kier alpha value is -1.82. The Kier molecular flexibility index (Phi) is 5.33. The van der Waals surface area contributed by atoms with Gasteiger partial charge in [-0.25, -0.2) is 4.79 Å². The van der Waals surface area contributed by atoms with Gasteiger partial charge in [-0.05, 0) is 40.2 Å². The molecule has 0 bridgehead atoms. The molecule has 1 aromatic rings. The lowest BCUT2D eigenvalue weighted by Gasteiger charge is -2.10. The lowest BCUT2D eigenvalue weighted by Crippen LogP contribution is -2.35. The van der Waals surface area contributed by atoms with E-state index in [0.29, 0.717) is 22.5 Å². The minimum absolute atomic E-state index is 0.146. The minimum atomic E-state index is -0.444. The first-order valence-electron chi connectivity index (χ1n) is 6.59. The zero-order valence-corrected chi connectivity index (χ0v) is 12.5. The molecule has 0 aliphatic heterocycles. The van der Waals surface area contributed by atoms with E-state index in [1.54, 1.807) is 34.6 Å². The molecule has 0 saturated carbocycles. The van der Waals surface area contributed by atoms with Crippen molar-refractivity contribution in [2.45, 2.75) is 46.8 Å². The predicted octanol–water partition coefficient (Wildman–Crippen LogP) is 1.31. The van der Waals surface area contributed by atoms with E-state index in [1.807, 2.05) is 0 Å². The van der Waals surface area contributed by atoms with E-state index in [9.17, 15) is 9.59 Å². The van der Waals surface area contributed by atoms with Gasteiger partial charge < -0.3 is 20.1 Å². The van der Waals surface area contributed by atoms with Crippen molar-refractivity contribution in [1.29, 1.82) is 0 Å². The van der Waals surface area contributed by atoms with Crippen LogP contribution in [-0.4, -0.2) is 40.7 Å². The first-order chi connectivity index (χ1) is 9.27. The van der Waals surface area contributed by atoms with Crippen molar-refractivity contribution in [1.82, 2.24) is 10.3 Å². The van der Waals surface area contributed by atoms with Gasteiger partial charge in [-0.3, -0.25) is 4.79 Å². The number of amides is 1. The van der Waals surface area contributed by atoms with Crippen molar-refractivity contribution in [2.75, 3.05) is 6.61 Å². The number of aromatic nitrogens is 1. The number of carbonyl (C=O) groups is 2. The maximum Gasteiger partial charge on any atom is 0.340 e. The van der Waals surface area contributed by atoms with Gasteiger partial charge in [0.2, 0.25) is 0 Å². The number of rotatable bonds is 5. The first-order valence-corrected chi connectivity index (χ1v) is 6.59. The average Bonchev–Trinajstić information content (AvgIpc) is 2.63. The summed E-state index contributed by atoms with van der Waals surface area (Å²) in [4.78, 5) is 26.9. The van der Waals surface area contributed by atoms with Gasteiger partial charge in [0.05, 0.1) is 18.3 Å². The second kappa shape index (κ2) is 6.56. The van der Waals surface area contributed by atoms with E-state index in [1.165, 1.54) is 0 Å². The summed E-state index contributed by atoms with van der Waals surface area (Å²) in [5.41, 5.74) is 1.85. The molecule has 1 aromatic heterocycles. The highest BCUT2D eigenvalue weighted by Crippen LogP contribution is 2.19. The van der Waals surface area contributed by atoms with Gasteiger partial charge >= 0.3 is 5.97 Å². The molecule has 0 radical (unpaired) electrons. The Morgan fingerprint density at radius 2 is 1.90 bits per heavy atom. The highest BCUT2D eigenvalue weighted by molar-refractivity contribution is 6.00. The number of hydrogen-bond acceptors (Lipinski definition) is 4. The van der Waals surface area contributed by atoms with Gasteiger partial charge in [0, 0.05) is 11.7 Å². The summed E-state index contributed by atoms with van der Waals surface area (Å²) in [6.45, 7) is 8.50. The predicted molar refractivity (Wildman–Crippen MR) is 74.8 cm³/mol. The van der Waals surface area contributed by atoms with Gasteiger partial charge in [0.25, 0.3) is 5.91 Å². The molecule has 0 aliphatic carbocycles. The fourth-order valence-electron chi connectivity index (χ4n) is 1.90. The van der Waals surface area contributed by atoms with Crippen LogP contribution in [0.1, 0.15) is 52.9 Å². The summed E-state index contributed by atoms with van der Waals surface area (Å²) in [5.74, 6) is -0.795. The van der Waals surface area contributed by atoms with E-state index < -0.39 is 5.97 Å². The van der Waals surface area contributed by atoms with Crippen molar-refractivity contribution < 1.29 is 19.4 Å². The number of aromatic amines is 1. The Labute approximate surface area is 118 Å². The van der Waals surface area contributed by atoms with E-state index in [0.717, 1.165) is 0 Å². The first kappa shape index (κ1) is 16.2. The number of H-pyrrole nitrogens is 1. The van der Waals surface area contributed by atoms with Crippen molar-refractivity contribution in [2.24, 2.45) is 0 Å². The maximum absolute atomic E-state index is 12.0. The van der Waals surface area contributed by atoms with Gasteiger partial charge in [0.15, 0.2) is 0 Å². The number of aliphatic hydroxyl groups is 1. The fraction of sp³-hybridized carbons (Fsp3) is 0.571. The molecular weight excluding hydrogens is 260 g/mol. The molecule has 1 rings (SSSR count). The third-order valence-corrected chi connectivity index (χ3v) is 2.86. The van der Waals surface area contributed by atoms with Crippen LogP contribution in [0.5, 0.6) is 0 Å². The molecule has 3 N–H and O–H groups in total. The quantitative estimate of drug-likeness (QED) is 0.710. The van der Waals surface area contributed by atoms with Crippen LogP contribution in [0.15, 0.2) is 0 Å². The summed E-state index contributed by atoms with van der Waals surface area (Å²) in [6.07, 6.45) is -0.220. The molecule has 6 nitrogen and oxygen atoms in total. The van der Waals surface area contributed by atoms with Gasteiger partial charge in [-0.15, -0.1) is 0 Å². The topological polar surface area (TPSA) is 91.4 Å². The number of aliphatic hydroxyl groups excluding tert-OH is 1. The van der Waals surface area contributed by atoms with Crippen molar-refractivity contribution in [3.8, 4) is 0 Å². The van der Waals surface area contributed by atoms with Crippen LogP contribution in [0.3, 0.4) is 0 Å². The molecule has 0 fully saturated rings. The molecule has 0 spiro atoms. The van der Waals surface area contributed by atoms with Crippen molar-refractivity contribution >= 4 is 11.9 Å². The van der Waals surface area contributed by atoms with Crippen LogP contribution in [0.4, 0.5) is 0 Å². The summed E-state index contributed by atoms with van der Waals surface area (Å²) in [7, 11) is 0. The van der Waals surface area contributed by atoms with Gasteiger partial charge in [-0.2, -0.15) is 0 Å². The summed E-state index contributed by atoms with van der Waals surface area (Å²) < 4.78 is 5.16. The Morgan fingerprint density at radius 1 is 1.30 bits per heavy atom. The van der Waals surface area contributed by atoms with Crippen LogP contribution < -0.4 is 5.32 Å². The third kappa shape index (κ3) is 3.60. The molecular formula is C14H22N2O4. The van der Waals surface area contributed by atoms with Crippen LogP contribution in [0, 0.1) is 13.8 Å². The molecule has 1 atom stereocenters. The van der Waals surface area contributed by atoms with Crippen LogP contribution >= 0.6 is 0 Å². The monoisotopic (exact) mass is 282 g/mol. The van der Waals surface area contributed by atoms with Crippen LogP contribution in [0.25, 0.3) is 0 Å². The molecule has 0 aliphatic rings. The SMILES string of the molecule is Cc1[nH]c(C(=O)NC(C)CO)c(C)c1C(=O)OC(C)C. The number of hydrogen-bond donors (Lipinski definition) is 3. The summed E-state index contributed by atoms with van der Waals surface area (Å²) in [6, 6.07) is -0.350. The normalized spacial score (nSPS) is 12.3. The van der Waals surface area contributed by atoms with E-state index in [-0.39, 0.29) is 24.7 Å². The maximum atomic E-state index is 12.0. The van der Waals surface area contributed by atoms with E-state index in [4.69, 9.17) is 9.84 Å². The zero-order chi connectivity index (χ0) is 15.4. The number of carbonyl (C=O) groups excluding carboxylic acids is 2. The fourth-order valence-corrected chi connectivity index (χ4v) is 1.90. The molecule has 0 saturated heterocycles. The average molecular weight is 282 g/mol. The third-order valence-electron chi connectivity index (χ3n) is 2.86. The molecule has 1 heterocycles. The molecule has 6 heteroatoms. The number of ether oxygens (including phenoxy) is 1. The van der Waals surface area contributed by atoms with Crippen molar-refractivity contribution in [3.05, 3.63) is 22.5 Å². The second-order valence-electron chi connectivity index (χ2n) is 5.14. The van der Waals surface area contributed by atoms with Gasteiger partial charge in [0.1, 0.15) is 5.69 Å². The summed E-state index contributed by atoms with van der Waals surface area (Å²) in [5, 5.41) is 11.6. The largest absolute Gasteiger partial charge is 0.459 e. The van der Waals surface area contributed by atoms with E-state index in [2.05, 4.69) is 10.3 Å². The Balaban J connectivity index is 3.02. The zero-order valence-electron chi connectivity index (χ0n) is 12.5. The number of esters is 1. The molecule has 1 amide bonds. The number of nitrogens with one attached hydrogen (secondary N) is 2. The molecule has 1 unspecified atom stereocenters. The Bertz CT molecular complexity index is 506. The highest BCUT2D eigenvalue weighted by Gasteiger charge is 2.24. The molecule has 112 valence electrons. The standard InChI is InChI=1S/C14H22N2O4/c1-7(2)20-14(19)11-9(4)12(16-10(11)5)13(18)15-8(3)6-17/h7-8,16-17H,6H2,1-5H3,(H,15,18). The number of aryl methyl sites for hydroxylation is 1. The smallest absolute Gasteiger partial charge is 0.340 e. The lowest BCUT2D eigenvalue weighted by molar-refractivity contribution is 0.0376. The highest BCUT2D eigenvalue weighted by atomic mass is 16.5. The van der Waals surface area contributed by atoms with Crippen LogP contribution in [0.2, 0.25) is 0 Å². The van der Waals surface area contributed by atoms with Crippen molar-refractivity contribution in [3.63, 3.8) is 0 Å². The molecule has 20 heavy (non-hydrogen) atoms. The summed E-state index contributed by atoms with van der Waals surface area (Å²) >= 11 is 0. The minimum Gasteiger partial charge on any atom is -0.459 e.